The maximum atomic E-state index is 12.2. The number of aromatic amines is 1. The molecule has 3 rings (SSSR count). The predicted molar refractivity (Wildman–Crippen MR) is 101 cm³/mol. The minimum absolute atomic E-state index is 0.0729. The Bertz CT molecular complexity index is 867. The molecule has 0 saturated heterocycles. The zero-order chi connectivity index (χ0) is 18.4. The van der Waals surface area contributed by atoms with E-state index in [-0.39, 0.29) is 11.8 Å². The quantitative estimate of drug-likeness (QED) is 0.572. The van der Waals surface area contributed by atoms with Gasteiger partial charge in [0.05, 0.1) is 11.0 Å². The summed E-state index contributed by atoms with van der Waals surface area (Å²) in [6, 6.07) is 15.2. The van der Waals surface area contributed by atoms with E-state index in [1.807, 2.05) is 36.4 Å². The van der Waals surface area contributed by atoms with E-state index in [4.69, 9.17) is 0 Å². The number of imidazole rings is 1. The first-order valence-corrected chi connectivity index (χ1v) is 8.67. The Morgan fingerprint density at radius 1 is 1.04 bits per heavy atom. The van der Waals surface area contributed by atoms with E-state index in [0.29, 0.717) is 18.7 Å². The lowest BCUT2D eigenvalue weighted by molar-refractivity contribution is -0.119. The molecular weight excluding hydrogens is 328 g/mol. The molecule has 0 radical (unpaired) electrons. The molecule has 0 aliphatic carbocycles. The highest BCUT2D eigenvalue weighted by Crippen LogP contribution is 2.11. The minimum Gasteiger partial charge on any atom is -0.352 e. The summed E-state index contributed by atoms with van der Waals surface area (Å²) in [7, 11) is 0. The number of hydrogen-bond acceptors (Lipinski definition) is 3. The number of para-hydroxylation sites is 2. The highest BCUT2D eigenvalue weighted by atomic mass is 16.2. The van der Waals surface area contributed by atoms with Gasteiger partial charge in [-0.25, -0.2) is 4.98 Å². The summed E-state index contributed by atoms with van der Waals surface area (Å²) in [5, 5.41) is 5.65. The van der Waals surface area contributed by atoms with Crippen molar-refractivity contribution >= 4 is 22.8 Å². The Morgan fingerprint density at radius 3 is 2.54 bits per heavy atom. The number of hydrogen-bond donors (Lipinski definition) is 3. The second-order valence-corrected chi connectivity index (χ2v) is 6.17. The lowest BCUT2D eigenvalue weighted by atomic mass is 10.1. The molecule has 0 unspecified atom stereocenters. The summed E-state index contributed by atoms with van der Waals surface area (Å²) < 4.78 is 0. The number of H-pyrrole nitrogens is 1. The van der Waals surface area contributed by atoms with Crippen LogP contribution < -0.4 is 10.6 Å². The summed E-state index contributed by atoms with van der Waals surface area (Å²) >= 11 is 0. The van der Waals surface area contributed by atoms with Gasteiger partial charge in [-0.05, 0) is 36.2 Å². The maximum Gasteiger partial charge on any atom is 0.251 e. The van der Waals surface area contributed by atoms with Crippen molar-refractivity contribution in [1.82, 2.24) is 20.6 Å². The van der Waals surface area contributed by atoms with Gasteiger partial charge < -0.3 is 15.6 Å². The van der Waals surface area contributed by atoms with Crippen molar-refractivity contribution in [2.45, 2.75) is 26.3 Å². The molecule has 0 aliphatic heterocycles. The molecule has 0 bridgehead atoms. The van der Waals surface area contributed by atoms with Crippen LogP contribution in [0.2, 0.25) is 0 Å². The average molecular weight is 350 g/mol. The zero-order valence-corrected chi connectivity index (χ0v) is 14.7. The van der Waals surface area contributed by atoms with E-state index in [1.165, 1.54) is 6.92 Å². The third-order valence-electron chi connectivity index (χ3n) is 4.07. The molecule has 6 nitrogen and oxygen atoms in total. The molecule has 0 saturated carbocycles. The van der Waals surface area contributed by atoms with Gasteiger partial charge in [0.1, 0.15) is 5.82 Å². The molecule has 2 aromatic carbocycles. The number of benzene rings is 2. The second kappa shape index (κ2) is 8.29. The highest BCUT2D eigenvalue weighted by Gasteiger charge is 2.06. The van der Waals surface area contributed by atoms with Crippen molar-refractivity contribution < 1.29 is 9.59 Å². The van der Waals surface area contributed by atoms with E-state index < -0.39 is 0 Å². The van der Waals surface area contributed by atoms with E-state index >= 15 is 0 Å². The fraction of sp³-hybridized carbons (Fsp3) is 0.250. The molecule has 0 spiro atoms. The van der Waals surface area contributed by atoms with Crippen molar-refractivity contribution in [1.29, 1.82) is 0 Å². The molecule has 1 heterocycles. The van der Waals surface area contributed by atoms with Gasteiger partial charge in [0.15, 0.2) is 0 Å². The molecule has 1 aromatic heterocycles. The normalized spacial score (nSPS) is 10.7. The summed E-state index contributed by atoms with van der Waals surface area (Å²) in [6.45, 7) is 2.53. The number of amides is 2. The van der Waals surface area contributed by atoms with E-state index in [9.17, 15) is 9.59 Å². The van der Waals surface area contributed by atoms with Crippen molar-refractivity contribution in [2.24, 2.45) is 0 Å². The third kappa shape index (κ3) is 4.69. The van der Waals surface area contributed by atoms with Gasteiger partial charge in [-0.1, -0.05) is 24.3 Å². The molecule has 0 aliphatic rings. The number of carbonyl (C=O) groups excluding carboxylic acids is 2. The van der Waals surface area contributed by atoms with Crippen LogP contribution in [0.1, 0.15) is 35.1 Å². The lowest BCUT2D eigenvalue weighted by Gasteiger charge is -2.06. The summed E-state index contributed by atoms with van der Waals surface area (Å²) in [6.07, 6.45) is 1.59. The van der Waals surface area contributed by atoms with Crippen molar-refractivity contribution in [3.63, 3.8) is 0 Å². The standard InChI is InChI=1S/C20H22N4O2/c1-14(25)22-13-15-8-10-16(11-9-15)20(26)21-12-4-7-19-23-17-5-2-3-6-18(17)24-19/h2-3,5-6,8-11H,4,7,12-13H2,1H3,(H,21,26)(H,22,25)(H,23,24). The Morgan fingerprint density at radius 2 is 1.81 bits per heavy atom. The summed E-state index contributed by atoms with van der Waals surface area (Å²) in [5.41, 5.74) is 3.57. The number of nitrogens with zero attached hydrogens (tertiary/aromatic N) is 1. The van der Waals surface area contributed by atoms with Crippen LogP contribution in [-0.2, 0) is 17.8 Å². The van der Waals surface area contributed by atoms with Crippen LogP contribution >= 0.6 is 0 Å². The van der Waals surface area contributed by atoms with Gasteiger partial charge in [-0.15, -0.1) is 0 Å². The second-order valence-electron chi connectivity index (χ2n) is 6.17. The number of nitrogens with one attached hydrogen (secondary N) is 3. The molecule has 2 amide bonds. The van der Waals surface area contributed by atoms with Gasteiger partial charge in [0, 0.05) is 32.0 Å². The molecule has 3 N–H and O–H groups in total. The Labute approximate surface area is 152 Å². The van der Waals surface area contributed by atoms with Gasteiger partial charge in [0.2, 0.25) is 5.91 Å². The van der Waals surface area contributed by atoms with E-state index in [1.54, 1.807) is 12.1 Å². The van der Waals surface area contributed by atoms with Crippen LogP contribution in [0.25, 0.3) is 11.0 Å². The molecule has 6 heteroatoms. The smallest absolute Gasteiger partial charge is 0.251 e. The minimum atomic E-state index is -0.0966. The molecule has 26 heavy (non-hydrogen) atoms. The topological polar surface area (TPSA) is 86.9 Å². The highest BCUT2D eigenvalue weighted by molar-refractivity contribution is 5.94. The lowest BCUT2D eigenvalue weighted by Crippen LogP contribution is -2.25. The van der Waals surface area contributed by atoms with Crippen LogP contribution in [0.4, 0.5) is 0 Å². The van der Waals surface area contributed by atoms with Gasteiger partial charge >= 0.3 is 0 Å². The van der Waals surface area contributed by atoms with E-state index in [2.05, 4.69) is 20.6 Å². The molecule has 0 fully saturated rings. The fourth-order valence-electron chi connectivity index (χ4n) is 2.68. The Balaban J connectivity index is 1.44. The number of rotatable bonds is 7. The van der Waals surface area contributed by atoms with Crippen molar-refractivity contribution in [3.8, 4) is 0 Å². The maximum absolute atomic E-state index is 12.2. The fourth-order valence-corrected chi connectivity index (χ4v) is 2.68. The molecule has 134 valence electrons. The van der Waals surface area contributed by atoms with Crippen LogP contribution in [0.5, 0.6) is 0 Å². The number of aromatic nitrogens is 2. The third-order valence-corrected chi connectivity index (χ3v) is 4.07. The Hall–Kier alpha value is -3.15. The van der Waals surface area contributed by atoms with E-state index in [0.717, 1.165) is 35.3 Å². The predicted octanol–water partition coefficient (Wildman–Crippen LogP) is 2.56. The van der Waals surface area contributed by atoms with Gasteiger partial charge in [0.25, 0.3) is 5.91 Å². The molecular formula is C20H22N4O2. The van der Waals surface area contributed by atoms with Crippen LogP contribution in [0.15, 0.2) is 48.5 Å². The average Bonchev–Trinajstić information content (AvgIpc) is 3.06. The first-order chi connectivity index (χ1) is 12.6. The molecule has 3 aromatic rings. The summed E-state index contributed by atoms with van der Waals surface area (Å²) in [5.74, 6) is 0.764. The molecule has 0 atom stereocenters. The summed E-state index contributed by atoms with van der Waals surface area (Å²) in [4.78, 5) is 30.9. The Kier molecular flexibility index (Phi) is 5.63. The number of fused-ring (bicyclic) bond motifs is 1. The van der Waals surface area contributed by atoms with Crippen LogP contribution in [0, 0.1) is 0 Å². The SMILES string of the molecule is CC(=O)NCc1ccc(C(=O)NCCCc2nc3ccccc3[nH]2)cc1. The zero-order valence-electron chi connectivity index (χ0n) is 14.7. The van der Waals surface area contributed by atoms with Gasteiger partial charge in [-0.3, -0.25) is 9.59 Å². The monoisotopic (exact) mass is 350 g/mol. The van der Waals surface area contributed by atoms with Crippen LogP contribution in [0.3, 0.4) is 0 Å². The van der Waals surface area contributed by atoms with Crippen LogP contribution in [-0.4, -0.2) is 28.3 Å². The van der Waals surface area contributed by atoms with Crippen molar-refractivity contribution in [3.05, 3.63) is 65.5 Å². The number of carbonyl (C=O) groups is 2. The first-order valence-electron chi connectivity index (χ1n) is 8.67. The largest absolute Gasteiger partial charge is 0.352 e. The van der Waals surface area contributed by atoms with Gasteiger partial charge in [-0.2, -0.15) is 0 Å². The number of aryl methyl sites for hydroxylation is 1. The van der Waals surface area contributed by atoms with Crippen molar-refractivity contribution in [2.75, 3.05) is 6.54 Å². The first kappa shape index (κ1) is 17.7.